The van der Waals surface area contributed by atoms with Crippen molar-refractivity contribution in [1.82, 2.24) is 15.2 Å². The number of carbonyl (C=O) groups excluding carboxylic acids is 1. The minimum atomic E-state index is -1.01. The molecule has 1 spiro atoms. The highest BCUT2D eigenvalue weighted by Gasteiger charge is 2.73. The van der Waals surface area contributed by atoms with Crippen molar-refractivity contribution < 1.29 is 24.1 Å². The fourth-order valence-corrected chi connectivity index (χ4v) is 7.43. The number of aliphatic hydroxyl groups is 1. The van der Waals surface area contributed by atoms with Gasteiger partial charge in [-0.2, -0.15) is 0 Å². The van der Waals surface area contributed by atoms with Crippen LogP contribution in [0.5, 0.6) is 11.5 Å². The Morgan fingerprint density at radius 1 is 1.26 bits per heavy atom. The van der Waals surface area contributed by atoms with Gasteiger partial charge in [-0.3, -0.25) is 14.7 Å². The van der Waals surface area contributed by atoms with Gasteiger partial charge in [-0.1, -0.05) is 6.07 Å². The van der Waals surface area contributed by atoms with E-state index < -0.39 is 34.9 Å². The number of carbonyl (C=O) groups is 1. The highest BCUT2D eigenvalue weighted by atomic mass is 19.1. The van der Waals surface area contributed by atoms with Crippen molar-refractivity contribution in [3.63, 3.8) is 0 Å². The molecule has 2 bridgehead atoms. The van der Waals surface area contributed by atoms with E-state index >= 15 is 0 Å². The number of amides is 1. The molecule has 7 rings (SSSR count). The molecule has 1 saturated heterocycles. The summed E-state index contributed by atoms with van der Waals surface area (Å²) in [7, 11) is 0. The van der Waals surface area contributed by atoms with Crippen LogP contribution in [0.25, 0.3) is 0 Å². The summed E-state index contributed by atoms with van der Waals surface area (Å²) in [5.41, 5.74) is 0.231. The zero-order valence-corrected chi connectivity index (χ0v) is 18.8. The Hall–Kier alpha value is -2.71. The van der Waals surface area contributed by atoms with Gasteiger partial charge in [-0.25, -0.2) is 4.39 Å². The van der Waals surface area contributed by atoms with Gasteiger partial charge in [-0.05, 0) is 68.7 Å². The molecule has 7 nitrogen and oxygen atoms in total. The van der Waals surface area contributed by atoms with Crippen LogP contribution in [0.1, 0.15) is 53.6 Å². The second-order valence-corrected chi connectivity index (χ2v) is 10.8. The van der Waals surface area contributed by atoms with Gasteiger partial charge in [0.2, 0.25) is 0 Å². The number of nitrogens with one attached hydrogen (secondary N) is 1. The first-order valence-corrected chi connectivity index (χ1v) is 12.3. The molecule has 178 valence electrons. The van der Waals surface area contributed by atoms with Gasteiger partial charge in [0, 0.05) is 24.3 Å². The smallest absolute Gasteiger partial charge is 0.254 e. The molecule has 0 radical (unpaired) electrons. The standard InChI is InChI=1S/C26H28FN3O4/c27-17-12-28-9-6-16(17)24(32)29-18-5-7-26(33)20-11-15-3-4-19(31)22-21(15)25(26,23(18)34-22)8-10-30(20)13-14-1-2-14/h3-4,6,9,12,14,18,20,23,31,33H,1-2,5,7-8,10-11,13H2,(H,29,32). The van der Waals surface area contributed by atoms with Crippen LogP contribution in [0.3, 0.4) is 0 Å². The summed E-state index contributed by atoms with van der Waals surface area (Å²) in [5.74, 6) is 0.0256. The third-order valence-corrected chi connectivity index (χ3v) is 9.10. The van der Waals surface area contributed by atoms with E-state index in [1.807, 2.05) is 6.07 Å². The van der Waals surface area contributed by atoms with Gasteiger partial charge in [0.1, 0.15) is 6.10 Å². The van der Waals surface area contributed by atoms with Crippen molar-refractivity contribution in [2.24, 2.45) is 5.92 Å². The number of aromatic hydroxyl groups is 1. The maximum atomic E-state index is 14.2. The molecular formula is C26H28FN3O4. The molecule has 3 aliphatic carbocycles. The van der Waals surface area contributed by atoms with Crippen LogP contribution in [0, 0.1) is 11.7 Å². The third kappa shape index (κ3) is 2.58. The molecule has 1 aromatic carbocycles. The summed E-state index contributed by atoms with van der Waals surface area (Å²) in [4.78, 5) is 19.2. The molecule has 3 fully saturated rings. The Morgan fingerprint density at radius 2 is 2.12 bits per heavy atom. The van der Waals surface area contributed by atoms with Crippen molar-refractivity contribution in [1.29, 1.82) is 0 Å². The Balaban J connectivity index is 1.30. The molecule has 2 saturated carbocycles. The number of aromatic nitrogens is 1. The Kier molecular flexibility index (Phi) is 4.20. The van der Waals surface area contributed by atoms with E-state index in [9.17, 15) is 19.4 Å². The molecule has 3 heterocycles. The number of phenols is 1. The van der Waals surface area contributed by atoms with Crippen molar-refractivity contribution in [3.8, 4) is 11.5 Å². The van der Waals surface area contributed by atoms with Crippen molar-refractivity contribution in [2.45, 2.75) is 67.7 Å². The number of pyridine rings is 1. The van der Waals surface area contributed by atoms with E-state index in [2.05, 4.69) is 15.2 Å². The number of hydrogen-bond donors (Lipinski definition) is 3. The molecule has 1 aromatic heterocycles. The van der Waals surface area contributed by atoms with Crippen LogP contribution in [0.15, 0.2) is 30.6 Å². The third-order valence-electron chi connectivity index (χ3n) is 9.10. The number of likely N-dealkylation sites (tertiary alicyclic amines) is 1. The number of piperidine rings is 1. The predicted molar refractivity (Wildman–Crippen MR) is 120 cm³/mol. The topological polar surface area (TPSA) is 94.9 Å². The fourth-order valence-electron chi connectivity index (χ4n) is 7.43. The average Bonchev–Trinajstić information content (AvgIpc) is 3.56. The van der Waals surface area contributed by atoms with Crippen LogP contribution < -0.4 is 10.1 Å². The van der Waals surface area contributed by atoms with Gasteiger partial charge in [-0.15, -0.1) is 0 Å². The quantitative estimate of drug-likeness (QED) is 0.642. The van der Waals surface area contributed by atoms with Gasteiger partial charge < -0.3 is 20.3 Å². The second kappa shape index (κ2) is 6.92. The highest BCUT2D eigenvalue weighted by molar-refractivity contribution is 5.94. The SMILES string of the molecule is O=C(NC1CCC2(O)C3Cc4ccc(O)c5c4C2(CCN3CC2CC2)C1O5)c1ccncc1F. The largest absolute Gasteiger partial charge is 0.504 e. The highest BCUT2D eigenvalue weighted by Crippen LogP contribution is 2.65. The fraction of sp³-hybridized carbons (Fsp3) is 0.538. The Morgan fingerprint density at radius 3 is 2.91 bits per heavy atom. The summed E-state index contributed by atoms with van der Waals surface area (Å²) >= 11 is 0. The van der Waals surface area contributed by atoms with Crippen molar-refractivity contribution >= 4 is 5.91 Å². The molecule has 2 aromatic rings. The number of halogens is 1. The Labute approximate surface area is 196 Å². The summed E-state index contributed by atoms with van der Waals surface area (Å²) in [5, 5.41) is 26.1. The molecule has 1 amide bonds. The van der Waals surface area contributed by atoms with Crippen LogP contribution >= 0.6 is 0 Å². The molecule has 3 N–H and O–H groups in total. The predicted octanol–water partition coefficient (Wildman–Crippen LogP) is 2.29. The lowest BCUT2D eigenvalue weighted by Gasteiger charge is -2.64. The van der Waals surface area contributed by atoms with Gasteiger partial charge in [0.15, 0.2) is 17.3 Å². The van der Waals surface area contributed by atoms with Crippen LogP contribution in [-0.2, 0) is 11.8 Å². The maximum absolute atomic E-state index is 14.2. The van der Waals surface area contributed by atoms with E-state index in [1.54, 1.807) is 6.07 Å². The van der Waals surface area contributed by atoms with Crippen LogP contribution in [0.4, 0.5) is 4.39 Å². The lowest BCUT2D eigenvalue weighted by atomic mass is 9.48. The van der Waals surface area contributed by atoms with Gasteiger partial charge in [0.05, 0.1) is 28.8 Å². The summed E-state index contributed by atoms with van der Waals surface area (Å²) in [6, 6.07) is 4.55. The van der Waals surface area contributed by atoms with E-state index in [1.165, 1.54) is 25.1 Å². The number of hydrogen-bond acceptors (Lipinski definition) is 6. The molecule has 8 heteroatoms. The monoisotopic (exact) mass is 465 g/mol. The number of nitrogens with zero attached hydrogens (tertiary/aromatic N) is 2. The van der Waals surface area contributed by atoms with Crippen molar-refractivity contribution in [2.75, 3.05) is 13.1 Å². The molecule has 5 atom stereocenters. The molecule has 5 aliphatic rings. The van der Waals surface area contributed by atoms with Gasteiger partial charge in [0.25, 0.3) is 5.91 Å². The molecule has 34 heavy (non-hydrogen) atoms. The van der Waals surface area contributed by atoms with E-state index in [0.717, 1.165) is 42.8 Å². The average molecular weight is 466 g/mol. The zero-order chi connectivity index (χ0) is 23.2. The minimum absolute atomic E-state index is 0.0229. The molecular weight excluding hydrogens is 437 g/mol. The number of ether oxygens (including phenoxy) is 1. The van der Waals surface area contributed by atoms with E-state index in [-0.39, 0.29) is 17.4 Å². The first-order valence-electron chi connectivity index (χ1n) is 12.3. The second-order valence-electron chi connectivity index (χ2n) is 10.8. The summed E-state index contributed by atoms with van der Waals surface area (Å²) in [6.07, 6.45) is 6.84. The van der Waals surface area contributed by atoms with Crippen LogP contribution in [-0.4, -0.2) is 62.9 Å². The van der Waals surface area contributed by atoms with E-state index in [4.69, 9.17) is 4.74 Å². The maximum Gasteiger partial charge on any atom is 0.254 e. The summed E-state index contributed by atoms with van der Waals surface area (Å²) < 4.78 is 20.7. The normalized spacial score (nSPS) is 35.4. The zero-order valence-electron chi connectivity index (χ0n) is 18.8. The number of rotatable bonds is 4. The first-order chi connectivity index (χ1) is 16.4. The Bertz CT molecular complexity index is 1200. The lowest BCUT2D eigenvalue weighted by molar-refractivity contribution is -0.191. The number of benzene rings is 1. The number of phenolic OH excluding ortho intramolecular Hbond substituents is 1. The minimum Gasteiger partial charge on any atom is -0.504 e. The first kappa shape index (κ1) is 20.6. The van der Waals surface area contributed by atoms with Gasteiger partial charge >= 0.3 is 0 Å². The molecule has 5 unspecified atom stereocenters. The van der Waals surface area contributed by atoms with Crippen molar-refractivity contribution in [3.05, 3.63) is 53.1 Å². The van der Waals surface area contributed by atoms with E-state index in [0.29, 0.717) is 25.0 Å². The lowest BCUT2D eigenvalue weighted by Crippen LogP contribution is -2.78. The molecule has 2 aliphatic heterocycles. The summed E-state index contributed by atoms with van der Waals surface area (Å²) in [6.45, 7) is 1.86. The van der Waals surface area contributed by atoms with Crippen LogP contribution in [0.2, 0.25) is 0 Å².